The zero-order valence-corrected chi connectivity index (χ0v) is 18.5. The molecule has 162 valence electrons. The van der Waals surface area contributed by atoms with Crippen molar-refractivity contribution in [1.29, 1.82) is 0 Å². The van der Waals surface area contributed by atoms with Gasteiger partial charge in [0, 0.05) is 29.9 Å². The minimum absolute atomic E-state index is 0.0943. The fourth-order valence-corrected chi connectivity index (χ4v) is 6.66. The van der Waals surface area contributed by atoms with Gasteiger partial charge in [0.25, 0.3) is 5.91 Å². The van der Waals surface area contributed by atoms with Crippen molar-refractivity contribution >= 4 is 27.2 Å². The predicted molar refractivity (Wildman–Crippen MR) is 122 cm³/mol. The van der Waals surface area contributed by atoms with Gasteiger partial charge in [-0.25, -0.2) is 8.42 Å². The maximum atomic E-state index is 13.4. The Morgan fingerprint density at radius 2 is 1.68 bits per heavy atom. The first-order valence-corrected chi connectivity index (χ1v) is 12.7. The highest BCUT2D eigenvalue weighted by atomic mass is 32.2. The Hall–Kier alpha value is -2.44. The summed E-state index contributed by atoms with van der Waals surface area (Å²) in [6.45, 7) is 1.09. The molecule has 5 rings (SSSR count). The van der Waals surface area contributed by atoms with E-state index in [1.807, 2.05) is 6.07 Å². The summed E-state index contributed by atoms with van der Waals surface area (Å²) in [5.41, 5.74) is 4.65. The molecule has 2 fully saturated rings. The summed E-state index contributed by atoms with van der Waals surface area (Å²) in [5.74, 6) is 0.414. The molecule has 0 aromatic heterocycles. The second-order valence-electron chi connectivity index (χ2n) is 8.88. The number of sulfonamides is 1. The second-order valence-corrected chi connectivity index (χ2v) is 10.8. The molecule has 0 spiro atoms. The van der Waals surface area contributed by atoms with E-state index in [9.17, 15) is 13.2 Å². The van der Waals surface area contributed by atoms with E-state index in [0.29, 0.717) is 29.5 Å². The van der Waals surface area contributed by atoms with Gasteiger partial charge in [0.2, 0.25) is 10.0 Å². The van der Waals surface area contributed by atoms with Crippen molar-refractivity contribution in [3.05, 3.63) is 65.2 Å². The Kier molecular flexibility index (Phi) is 5.44. The van der Waals surface area contributed by atoms with Gasteiger partial charge < -0.3 is 5.32 Å². The highest BCUT2D eigenvalue weighted by Gasteiger charge is 2.33. The largest absolute Gasteiger partial charge is 0.321 e. The number of amides is 1. The fraction of sp³-hybridized carbons (Fsp3) is 0.400. The molecule has 1 saturated carbocycles. The van der Waals surface area contributed by atoms with E-state index in [4.69, 9.17) is 0 Å². The van der Waals surface area contributed by atoms with Gasteiger partial charge >= 0.3 is 0 Å². The molecular formula is C25H28N2O3S. The van der Waals surface area contributed by atoms with Crippen LogP contribution in [-0.4, -0.2) is 31.7 Å². The lowest BCUT2D eigenvalue weighted by molar-refractivity contribution is -0.110. The third kappa shape index (κ3) is 3.94. The maximum Gasteiger partial charge on any atom is 0.256 e. The Labute approximate surface area is 184 Å². The standard InChI is InChI=1S/C25H28N2O3S/c28-25-24(20-8-4-5-9-20)22-17-21(10-11-23(22)26-25)31(29,30)27-14-12-19(13-15-27)16-18-6-2-1-3-7-18/h1-3,6-7,10-11,17,19H,4-5,8-9,12-16H2,(H,26,28). The fourth-order valence-electron chi connectivity index (χ4n) is 5.16. The third-order valence-electron chi connectivity index (χ3n) is 6.87. The van der Waals surface area contributed by atoms with Gasteiger partial charge in [-0.15, -0.1) is 0 Å². The Morgan fingerprint density at radius 3 is 2.39 bits per heavy atom. The average molecular weight is 437 g/mol. The third-order valence-corrected chi connectivity index (χ3v) is 8.77. The van der Waals surface area contributed by atoms with Gasteiger partial charge in [0.15, 0.2) is 0 Å². The lowest BCUT2D eigenvalue weighted by atomic mass is 9.91. The number of benzene rings is 2. The van der Waals surface area contributed by atoms with Crippen molar-refractivity contribution < 1.29 is 13.2 Å². The van der Waals surface area contributed by atoms with Crippen molar-refractivity contribution in [3.63, 3.8) is 0 Å². The summed E-state index contributed by atoms with van der Waals surface area (Å²) in [6, 6.07) is 15.5. The van der Waals surface area contributed by atoms with Crippen LogP contribution in [0.2, 0.25) is 0 Å². The molecule has 1 aliphatic carbocycles. The number of nitrogens with one attached hydrogen (secondary N) is 1. The summed E-state index contributed by atoms with van der Waals surface area (Å²) in [4.78, 5) is 12.8. The van der Waals surface area contributed by atoms with Crippen molar-refractivity contribution in [3.8, 4) is 0 Å². The lowest BCUT2D eigenvalue weighted by Gasteiger charge is -2.31. The van der Waals surface area contributed by atoms with Crippen molar-refractivity contribution in [2.24, 2.45) is 5.92 Å². The highest BCUT2D eigenvalue weighted by molar-refractivity contribution is 7.89. The van der Waals surface area contributed by atoms with Gasteiger partial charge in [-0.2, -0.15) is 4.31 Å². The van der Waals surface area contributed by atoms with Gasteiger partial charge in [-0.05, 0) is 74.6 Å². The number of hydrogen-bond donors (Lipinski definition) is 1. The van der Waals surface area contributed by atoms with E-state index >= 15 is 0 Å². The Morgan fingerprint density at radius 1 is 0.968 bits per heavy atom. The minimum atomic E-state index is -3.57. The first-order valence-electron chi connectivity index (χ1n) is 11.2. The number of anilines is 1. The van der Waals surface area contributed by atoms with E-state index in [1.165, 1.54) is 5.56 Å². The van der Waals surface area contributed by atoms with E-state index in [0.717, 1.165) is 61.8 Å². The van der Waals surface area contributed by atoms with Crippen molar-refractivity contribution in [2.75, 3.05) is 18.4 Å². The summed E-state index contributed by atoms with van der Waals surface area (Å²) < 4.78 is 28.3. The van der Waals surface area contributed by atoms with Crippen LogP contribution >= 0.6 is 0 Å². The smallest absolute Gasteiger partial charge is 0.256 e. The molecule has 1 N–H and O–H groups in total. The number of nitrogens with zero attached hydrogens (tertiary/aromatic N) is 1. The summed E-state index contributed by atoms with van der Waals surface area (Å²) in [5, 5.41) is 2.91. The zero-order chi connectivity index (χ0) is 21.4. The van der Waals surface area contributed by atoms with Gasteiger partial charge in [-0.1, -0.05) is 35.9 Å². The van der Waals surface area contributed by atoms with Crippen molar-refractivity contribution in [1.82, 2.24) is 4.31 Å². The topological polar surface area (TPSA) is 66.5 Å². The number of fused-ring (bicyclic) bond motifs is 1. The first kappa shape index (κ1) is 20.5. The molecule has 5 nitrogen and oxygen atoms in total. The number of rotatable bonds is 4. The summed E-state index contributed by atoms with van der Waals surface area (Å²) >= 11 is 0. The van der Waals surface area contributed by atoms with Crippen LogP contribution in [0.15, 0.2) is 59.0 Å². The normalized spacial score (nSPS) is 20.2. The number of hydrogen-bond acceptors (Lipinski definition) is 3. The Bertz CT molecular complexity index is 1120. The van der Waals surface area contributed by atoms with Crippen molar-refractivity contribution in [2.45, 2.75) is 49.8 Å². The summed E-state index contributed by atoms with van der Waals surface area (Å²) in [7, 11) is -3.57. The molecule has 1 amide bonds. The van der Waals surface area contributed by atoms with Gasteiger partial charge in [-0.3, -0.25) is 4.79 Å². The molecule has 0 radical (unpaired) electrons. The molecule has 31 heavy (non-hydrogen) atoms. The molecule has 6 heteroatoms. The number of piperidine rings is 1. The SMILES string of the molecule is O=C1Nc2ccc(S(=O)(=O)N3CCC(Cc4ccccc4)CC3)cc2C1=C1CCCC1. The minimum Gasteiger partial charge on any atom is -0.321 e. The molecule has 2 aromatic rings. The van der Waals surface area contributed by atoms with Crippen LogP contribution in [0.3, 0.4) is 0 Å². The molecule has 2 aliphatic heterocycles. The molecule has 1 saturated heterocycles. The van der Waals surface area contributed by atoms with Gasteiger partial charge in [0.1, 0.15) is 0 Å². The Balaban J connectivity index is 1.34. The van der Waals surface area contributed by atoms with Crippen LogP contribution in [0.4, 0.5) is 5.69 Å². The van der Waals surface area contributed by atoms with E-state index < -0.39 is 10.0 Å². The number of carbonyl (C=O) groups excluding carboxylic acids is 1. The summed E-state index contributed by atoms with van der Waals surface area (Å²) in [6.07, 6.45) is 6.78. The molecule has 2 heterocycles. The van der Waals surface area contributed by atoms with Crippen LogP contribution in [-0.2, 0) is 21.2 Å². The molecule has 0 bridgehead atoms. The molecule has 2 aromatic carbocycles. The van der Waals surface area contributed by atoms with Crippen LogP contribution in [0, 0.1) is 5.92 Å². The maximum absolute atomic E-state index is 13.4. The molecule has 3 aliphatic rings. The van der Waals surface area contributed by atoms with E-state index in [1.54, 1.807) is 22.5 Å². The van der Waals surface area contributed by atoms with Gasteiger partial charge in [0.05, 0.1) is 4.90 Å². The van der Waals surface area contributed by atoms with Crippen LogP contribution in [0.25, 0.3) is 5.57 Å². The molecule has 0 unspecified atom stereocenters. The predicted octanol–water partition coefficient (Wildman–Crippen LogP) is 4.61. The zero-order valence-electron chi connectivity index (χ0n) is 17.6. The molecular weight excluding hydrogens is 408 g/mol. The lowest BCUT2D eigenvalue weighted by Crippen LogP contribution is -2.38. The van der Waals surface area contributed by atoms with Crippen LogP contribution < -0.4 is 5.32 Å². The van der Waals surface area contributed by atoms with Crippen LogP contribution in [0.5, 0.6) is 0 Å². The number of allylic oxidation sites excluding steroid dienone is 1. The average Bonchev–Trinajstić information content (AvgIpc) is 3.41. The van der Waals surface area contributed by atoms with E-state index in [-0.39, 0.29) is 5.91 Å². The quantitative estimate of drug-likeness (QED) is 0.712. The highest BCUT2D eigenvalue weighted by Crippen LogP contribution is 2.40. The monoisotopic (exact) mass is 436 g/mol. The first-order chi connectivity index (χ1) is 15.0. The van der Waals surface area contributed by atoms with E-state index in [2.05, 4.69) is 29.6 Å². The molecule has 0 atom stereocenters. The van der Waals surface area contributed by atoms with Crippen LogP contribution in [0.1, 0.15) is 49.7 Å². The number of carbonyl (C=O) groups is 1. The second kappa shape index (κ2) is 8.24.